The lowest BCUT2D eigenvalue weighted by atomic mass is 10.1. The van der Waals surface area contributed by atoms with Crippen molar-refractivity contribution < 1.29 is 4.74 Å². The molecular formula is C23H33IN4O. The van der Waals surface area contributed by atoms with Gasteiger partial charge in [0.25, 0.3) is 0 Å². The molecule has 0 spiro atoms. The Labute approximate surface area is 192 Å². The molecule has 1 saturated heterocycles. The van der Waals surface area contributed by atoms with Crippen LogP contribution < -0.4 is 15.5 Å². The summed E-state index contributed by atoms with van der Waals surface area (Å²) in [7, 11) is 1.72. The van der Waals surface area contributed by atoms with Gasteiger partial charge in [0.15, 0.2) is 5.96 Å². The zero-order valence-corrected chi connectivity index (χ0v) is 20.0. The van der Waals surface area contributed by atoms with Gasteiger partial charge in [0, 0.05) is 38.5 Å². The fraction of sp³-hybridized carbons (Fsp3) is 0.435. The van der Waals surface area contributed by atoms with Crippen molar-refractivity contribution in [1.82, 2.24) is 10.6 Å². The third-order valence-electron chi connectivity index (χ3n) is 4.99. The number of guanidine groups is 1. The largest absolute Gasteiger partial charge is 0.380 e. The van der Waals surface area contributed by atoms with Gasteiger partial charge in [-0.05, 0) is 43.5 Å². The zero-order valence-electron chi connectivity index (χ0n) is 17.6. The van der Waals surface area contributed by atoms with Crippen LogP contribution in [0.4, 0.5) is 5.69 Å². The van der Waals surface area contributed by atoms with Gasteiger partial charge in [0.2, 0.25) is 0 Å². The number of hydrogen-bond acceptors (Lipinski definition) is 3. The second-order valence-electron chi connectivity index (χ2n) is 7.36. The fourth-order valence-corrected chi connectivity index (χ4v) is 3.54. The quantitative estimate of drug-likeness (QED) is 0.336. The predicted molar refractivity (Wildman–Crippen MR) is 132 cm³/mol. The monoisotopic (exact) mass is 508 g/mol. The minimum atomic E-state index is 0. The van der Waals surface area contributed by atoms with Crippen molar-refractivity contribution >= 4 is 35.6 Å². The van der Waals surface area contributed by atoms with Gasteiger partial charge < -0.3 is 20.3 Å². The van der Waals surface area contributed by atoms with Crippen LogP contribution >= 0.6 is 24.0 Å². The van der Waals surface area contributed by atoms with E-state index in [1.807, 2.05) is 0 Å². The van der Waals surface area contributed by atoms with E-state index in [2.05, 4.69) is 77.9 Å². The van der Waals surface area contributed by atoms with Crippen molar-refractivity contribution in [3.8, 4) is 0 Å². The lowest BCUT2D eigenvalue weighted by molar-refractivity contribution is 0.185. The van der Waals surface area contributed by atoms with Gasteiger partial charge in [-0.25, -0.2) is 4.99 Å². The van der Waals surface area contributed by atoms with E-state index in [0.717, 1.165) is 32.0 Å². The molecule has 1 aliphatic heterocycles. The lowest BCUT2D eigenvalue weighted by Crippen LogP contribution is -2.44. The Morgan fingerprint density at radius 3 is 2.66 bits per heavy atom. The summed E-state index contributed by atoms with van der Waals surface area (Å²) in [5.41, 5.74) is 4.97. The van der Waals surface area contributed by atoms with Crippen LogP contribution in [-0.4, -0.2) is 38.7 Å². The van der Waals surface area contributed by atoms with E-state index in [1.54, 1.807) is 7.11 Å². The standard InChI is InChI=1S/C23H32N4O.HI/c1-4-24-23(25-15-19-6-5-7-20(14-19)17-28-3)26-21-12-13-27(16-21)22-10-8-18(2)9-11-22;/h5-11,14,21H,4,12-13,15-17H2,1-3H3,(H2,24,25,26);1H. The minimum absolute atomic E-state index is 0. The van der Waals surface area contributed by atoms with Gasteiger partial charge in [0.1, 0.15) is 0 Å². The SMILES string of the molecule is CCNC(=NCc1cccc(COC)c1)NC1CCN(c2ccc(C)cc2)C1.I. The number of nitrogens with one attached hydrogen (secondary N) is 2. The van der Waals surface area contributed by atoms with E-state index in [1.165, 1.54) is 22.4 Å². The van der Waals surface area contributed by atoms with Gasteiger partial charge in [-0.3, -0.25) is 0 Å². The summed E-state index contributed by atoms with van der Waals surface area (Å²) in [6.45, 7) is 8.43. The second kappa shape index (κ2) is 12.0. The zero-order chi connectivity index (χ0) is 19.8. The number of halogens is 1. The maximum Gasteiger partial charge on any atom is 0.191 e. The van der Waals surface area contributed by atoms with Crippen LogP contribution in [0.3, 0.4) is 0 Å². The Morgan fingerprint density at radius 2 is 1.93 bits per heavy atom. The molecule has 2 N–H and O–H groups in total. The van der Waals surface area contributed by atoms with Crippen molar-refractivity contribution in [3.05, 3.63) is 65.2 Å². The van der Waals surface area contributed by atoms with Gasteiger partial charge in [-0.1, -0.05) is 42.0 Å². The number of benzene rings is 2. The molecule has 0 bridgehead atoms. The highest BCUT2D eigenvalue weighted by molar-refractivity contribution is 14.0. The number of aliphatic imine (C=N–C) groups is 1. The van der Waals surface area contributed by atoms with Crippen LogP contribution in [0.2, 0.25) is 0 Å². The molecule has 2 aromatic carbocycles. The molecule has 0 saturated carbocycles. The number of anilines is 1. The second-order valence-corrected chi connectivity index (χ2v) is 7.36. The number of ether oxygens (including phenoxy) is 1. The van der Waals surface area contributed by atoms with Crippen molar-refractivity contribution in [2.24, 2.45) is 4.99 Å². The van der Waals surface area contributed by atoms with Crippen LogP contribution in [0.15, 0.2) is 53.5 Å². The van der Waals surface area contributed by atoms with Crippen LogP contribution in [0.25, 0.3) is 0 Å². The van der Waals surface area contributed by atoms with Crippen molar-refractivity contribution in [1.29, 1.82) is 0 Å². The highest BCUT2D eigenvalue weighted by atomic mass is 127. The molecule has 5 nitrogen and oxygen atoms in total. The first-order valence-electron chi connectivity index (χ1n) is 10.1. The van der Waals surface area contributed by atoms with Crippen LogP contribution in [-0.2, 0) is 17.9 Å². The van der Waals surface area contributed by atoms with E-state index in [-0.39, 0.29) is 24.0 Å². The van der Waals surface area contributed by atoms with Crippen molar-refractivity contribution in [2.45, 2.75) is 39.5 Å². The van der Waals surface area contributed by atoms with Crippen LogP contribution in [0, 0.1) is 6.92 Å². The van der Waals surface area contributed by atoms with E-state index in [9.17, 15) is 0 Å². The number of nitrogens with zero attached hydrogens (tertiary/aromatic N) is 2. The first-order chi connectivity index (χ1) is 13.7. The Kier molecular flexibility index (Phi) is 9.73. The summed E-state index contributed by atoms with van der Waals surface area (Å²) in [5, 5.41) is 6.99. The van der Waals surface area contributed by atoms with Crippen molar-refractivity contribution in [2.75, 3.05) is 31.6 Å². The molecule has 0 radical (unpaired) electrons. The molecule has 29 heavy (non-hydrogen) atoms. The molecule has 1 atom stereocenters. The molecule has 1 fully saturated rings. The maximum absolute atomic E-state index is 5.22. The Hall–Kier alpha value is -1.80. The molecule has 1 aliphatic rings. The lowest BCUT2D eigenvalue weighted by Gasteiger charge is -2.20. The molecule has 6 heteroatoms. The summed E-state index contributed by atoms with van der Waals surface area (Å²) in [5.74, 6) is 0.885. The maximum atomic E-state index is 5.22. The van der Waals surface area contributed by atoms with Gasteiger partial charge in [-0.15, -0.1) is 24.0 Å². The topological polar surface area (TPSA) is 48.9 Å². The van der Waals surface area contributed by atoms with Crippen LogP contribution in [0.5, 0.6) is 0 Å². The molecule has 0 amide bonds. The highest BCUT2D eigenvalue weighted by Crippen LogP contribution is 2.20. The molecule has 3 rings (SSSR count). The third-order valence-corrected chi connectivity index (χ3v) is 4.99. The van der Waals surface area contributed by atoms with E-state index >= 15 is 0 Å². The first kappa shape index (κ1) is 23.5. The predicted octanol–water partition coefficient (Wildman–Crippen LogP) is 4.09. The molecule has 1 heterocycles. The average molecular weight is 508 g/mol. The molecule has 2 aromatic rings. The summed E-state index contributed by atoms with van der Waals surface area (Å²) < 4.78 is 5.22. The molecular weight excluding hydrogens is 475 g/mol. The summed E-state index contributed by atoms with van der Waals surface area (Å²) in [6, 6.07) is 17.6. The molecule has 1 unspecified atom stereocenters. The fourth-order valence-electron chi connectivity index (χ4n) is 3.54. The van der Waals surface area contributed by atoms with E-state index in [4.69, 9.17) is 9.73 Å². The first-order valence-corrected chi connectivity index (χ1v) is 10.1. The van der Waals surface area contributed by atoms with Crippen LogP contribution in [0.1, 0.15) is 30.0 Å². The Morgan fingerprint density at radius 1 is 1.17 bits per heavy atom. The molecule has 158 valence electrons. The Bertz CT molecular complexity index is 779. The Balaban J connectivity index is 0.00000300. The highest BCUT2D eigenvalue weighted by Gasteiger charge is 2.23. The normalized spacial score (nSPS) is 16.4. The molecule has 0 aromatic heterocycles. The third kappa shape index (κ3) is 7.19. The minimum Gasteiger partial charge on any atom is -0.380 e. The van der Waals surface area contributed by atoms with E-state index in [0.29, 0.717) is 19.2 Å². The van der Waals surface area contributed by atoms with E-state index < -0.39 is 0 Å². The van der Waals surface area contributed by atoms with Crippen molar-refractivity contribution in [3.63, 3.8) is 0 Å². The summed E-state index contributed by atoms with van der Waals surface area (Å²) >= 11 is 0. The van der Waals surface area contributed by atoms with Gasteiger partial charge in [0.05, 0.1) is 13.2 Å². The average Bonchev–Trinajstić information content (AvgIpc) is 3.16. The summed E-state index contributed by atoms with van der Waals surface area (Å²) in [4.78, 5) is 7.23. The molecule has 0 aliphatic carbocycles. The smallest absolute Gasteiger partial charge is 0.191 e. The van der Waals surface area contributed by atoms with Gasteiger partial charge in [-0.2, -0.15) is 0 Å². The number of rotatable bonds is 7. The number of aryl methyl sites for hydroxylation is 1. The number of hydrogen-bond donors (Lipinski definition) is 2. The van der Waals surface area contributed by atoms with Gasteiger partial charge >= 0.3 is 0 Å². The number of methoxy groups -OCH3 is 1. The summed E-state index contributed by atoms with van der Waals surface area (Å²) in [6.07, 6.45) is 1.11.